The summed E-state index contributed by atoms with van der Waals surface area (Å²) in [6, 6.07) is 3.47. The Balaban J connectivity index is 1.95. The number of aliphatic carboxylic acids is 1. The number of methoxy groups -OCH3 is 3. The number of carbonyl (C=O) groups is 2. The summed E-state index contributed by atoms with van der Waals surface area (Å²) in [6.45, 7) is 1.59. The Kier molecular flexibility index (Phi) is 7.08. The minimum atomic E-state index is -0.801. The lowest BCUT2D eigenvalue weighted by molar-refractivity contribution is -0.144. The fourth-order valence-corrected chi connectivity index (χ4v) is 3.08. The van der Waals surface area contributed by atoms with Crippen LogP contribution in [-0.4, -0.2) is 62.8 Å². The number of piperidine rings is 1. The highest BCUT2D eigenvalue weighted by atomic mass is 16.5. The van der Waals surface area contributed by atoms with E-state index in [0.29, 0.717) is 30.2 Å². The first-order chi connectivity index (χ1) is 12.5. The van der Waals surface area contributed by atoms with E-state index in [2.05, 4.69) is 5.32 Å². The van der Waals surface area contributed by atoms with E-state index in [1.54, 1.807) is 33.5 Å². The van der Waals surface area contributed by atoms with Crippen LogP contribution in [0.25, 0.3) is 0 Å². The zero-order chi connectivity index (χ0) is 19.1. The molecule has 0 radical (unpaired) electrons. The maximum absolute atomic E-state index is 12.2. The normalized spacial score (nSPS) is 17.4. The van der Waals surface area contributed by atoms with Crippen molar-refractivity contribution in [2.24, 2.45) is 5.92 Å². The molecule has 144 valence electrons. The third-order valence-corrected chi connectivity index (χ3v) is 4.48. The Hall–Kier alpha value is -2.48. The quantitative estimate of drug-likeness (QED) is 0.712. The van der Waals surface area contributed by atoms with Crippen LogP contribution in [0.2, 0.25) is 0 Å². The topological polar surface area (TPSA) is 97.3 Å². The first-order valence-electron chi connectivity index (χ1n) is 8.49. The predicted molar refractivity (Wildman–Crippen MR) is 94.7 cm³/mol. The van der Waals surface area contributed by atoms with Gasteiger partial charge in [0.1, 0.15) is 5.75 Å². The van der Waals surface area contributed by atoms with Gasteiger partial charge in [-0.1, -0.05) is 0 Å². The third-order valence-electron chi connectivity index (χ3n) is 4.48. The Bertz CT molecular complexity index is 649. The van der Waals surface area contributed by atoms with Crippen LogP contribution in [0, 0.1) is 5.92 Å². The van der Waals surface area contributed by atoms with E-state index in [9.17, 15) is 9.59 Å². The van der Waals surface area contributed by atoms with Crippen molar-refractivity contribution in [3.8, 4) is 17.2 Å². The predicted octanol–water partition coefficient (Wildman–Crippen LogP) is 1.13. The number of amides is 1. The maximum Gasteiger partial charge on any atom is 0.307 e. The Morgan fingerprint density at radius 2 is 1.81 bits per heavy atom. The zero-order valence-corrected chi connectivity index (χ0v) is 15.4. The summed E-state index contributed by atoms with van der Waals surface area (Å²) in [6.07, 6.45) is 1.45. The van der Waals surface area contributed by atoms with Crippen LogP contribution in [0.5, 0.6) is 17.2 Å². The van der Waals surface area contributed by atoms with E-state index >= 15 is 0 Å². The standard InChI is InChI=1S/C18H26N2O6/c1-24-14-8-16(26-3)15(25-2)7-13(14)9-19-17(21)11-20-6-4-5-12(10-20)18(22)23/h7-8,12H,4-6,9-11H2,1-3H3,(H,19,21)(H,22,23). The van der Waals surface area contributed by atoms with Crippen molar-refractivity contribution in [1.29, 1.82) is 0 Å². The second-order valence-corrected chi connectivity index (χ2v) is 6.21. The summed E-state index contributed by atoms with van der Waals surface area (Å²) in [7, 11) is 4.63. The fraction of sp³-hybridized carbons (Fsp3) is 0.556. The summed E-state index contributed by atoms with van der Waals surface area (Å²) in [5, 5.41) is 12.0. The van der Waals surface area contributed by atoms with Crippen LogP contribution in [0.3, 0.4) is 0 Å². The van der Waals surface area contributed by atoms with E-state index in [1.165, 1.54) is 0 Å². The molecule has 0 aromatic heterocycles. The molecular formula is C18H26N2O6. The second-order valence-electron chi connectivity index (χ2n) is 6.21. The molecule has 1 aliphatic rings. The van der Waals surface area contributed by atoms with Gasteiger partial charge in [-0.05, 0) is 25.5 Å². The lowest BCUT2D eigenvalue weighted by Gasteiger charge is -2.29. The van der Waals surface area contributed by atoms with Crippen molar-refractivity contribution in [2.45, 2.75) is 19.4 Å². The number of benzene rings is 1. The molecule has 0 aliphatic carbocycles. The van der Waals surface area contributed by atoms with Crippen molar-refractivity contribution in [3.05, 3.63) is 17.7 Å². The van der Waals surface area contributed by atoms with E-state index in [-0.39, 0.29) is 19.0 Å². The molecular weight excluding hydrogens is 340 g/mol. The fourth-order valence-electron chi connectivity index (χ4n) is 3.08. The SMILES string of the molecule is COc1cc(OC)c(OC)cc1CNC(=O)CN1CCCC(C(=O)O)C1. The molecule has 1 amide bonds. The summed E-state index contributed by atoms with van der Waals surface area (Å²) < 4.78 is 15.9. The van der Waals surface area contributed by atoms with Crippen molar-refractivity contribution < 1.29 is 28.9 Å². The maximum atomic E-state index is 12.2. The number of nitrogens with zero attached hydrogens (tertiary/aromatic N) is 1. The lowest BCUT2D eigenvalue weighted by atomic mass is 9.98. The second kappa shape index (κ2) is 9.28. The monoisotopic (exact) mass is 366 g/mol. The third kappa shape index (κ3) is 5.01. The van der Waals surface area contributed by atoms with Crippen molar-refractivity contribution in [1.82, 2.24) is 10.2 Å². The molecule has 8 nitrogen and oxygen atoms in total. The average molecular weight is 366 g/mol. The summed E-state index contributed by atoms with van der Waals surface area (Å²) in [5.74, 6) is 0.331. The average Bonchev–Trinajstić information content (AvgIpc) is 2.65. The van der Waals surface area contributed by atoms with Gasteiger partial charge in [0.05, 0.1) is 33.8 Å². The molecule has 1 fully saturated rings. The lowest BCUT2D eigenvalue weighted by Crippen LogP contribution is -2.44. The molecule has 1 aromatic rings. The van der Waals surface area contributed by atoms with Gasteiger partial charge in [0, 0.05) is 24.7 Å². The van der Waals surface area contributed by atoms with Crippen LogP contribution in [0.15, 0.2) is 12.1 Å². The van der Waals surface area contributed by atoms with Gasteiger partial charge < -0.3 is 24.6 Å². The first-order valence-corrected chi connectivity index (χ1v) is 8.49. The van der Waals surface area contributed by atoms with E-state index < -0.39 is 11.9 Å². The van der Waals surface area contributed by atoms with Crippen LogP contribution >= 0.6 is 0 Å². The molecule has 0 bridgehead atoms. The number of hydrogen-bond donors (Lipinski definition) is 2. The van der Waals surface area contributed by atoms with Gasteiger partial charge in [0.25, 0.3) is 0 Å². The molecule has 1 aliphatic heterocycles. The summed E-state index contributed by atoms with van der Waals surface area (Å²) >= 11 is 0. The van der Waals surface area contributed by atoms with Gasteiger partial charge in [0.15, 0.2) is 11.5 Å². The highest BCUT2D eigenvalue weighted by Gasteiger charge is 2.26. The molecule has 1 heterocycles. The molecule has 1 aromatic carbocycles. The van der Waals surface area contributed by atoms with Gasteiger partial charge in [-0.25, -0.2) is 0 Å². The molecule has 8 heteroatoms. The number of carbonyl (C=O) groups excluding carboxylic acids is 1. The Morgan fingerprint density at radius 3 is 2.42 bits per heavy atom. The molecule has 2 N–H and O–H groups in total. The summed E-state index contributed by atoms with van der Waals surface area (Å²) in [5.41, 5.74) is 0.764. The highest BCUT2D eigenvalue weighted by Crippen LogP contribution is 2.34. The van der Waals surface area contributed by atoms with Crippen LogP contribution in [0.1, 0.15) is 18.4 Å². The first kappa shape index (κ1) is 19.8. The molecule has 1 atom stereocenters. The van der Waals surface area contributed by atoms with Crippen molar-refractivity contribution >= 4 is 11.9 Å². The number of carboxylic acids is 1. The van der Waals surface area contributed by atoms with Crippen LogP contribution in [0.4, 0.5) is 0 Å². The molecule has 0 spiro atoms. The van der Waals surface area contributed by atoms with E-state index in [0.717, 1.165) is 18.5 Å². The van der Waals surface area contributed by atoms with Gasteiger partial charge in [0.2, 0.25) is 5.91 Å². The molecule has 1 saturated heterocycles. The highest BCUT2D eigenvalue weighted by molar-refractivity contribution is 5.78. The molecule has 26 heavy (non-hydrogen) atoms. The van der Waals surface area contributed by atoms with Gasteiger partial charge >= 0.3 is 5.97 Å². The van der Waals surface area contributed by atoms with E-state index in [4.69, 9.17) is 19.3 Å². The zero-order valence-electron chi connectivity index (χ0n) is 15.4. The number of likely N-dealkylation sites (tertiary alicyclic amines) is 1. The van der Waals surface area contributed by atoms with Gasteiger partial charge in [-0.3, -0.25) is 14.5 Å². The number of ether oxygens (including phenoxy) is 3. The van der Waals surface area contributed by atoms with E-state index in [1.807, 2.05) is 4.90 Å². The minimum Gasteiger partial charge on any atom is -0.496 e. The Labute approximate surface area is 153 Å². The van der Waals surface area contributed by atoms with Crippen LogP contribution in [-0.2, 0) is 16.1 Å². The smallest absolute Gasteiger partial charge is 0.307 e. The number of hydrogen-bond acceptors (Lipinski definition) is 6. The number of nitrogens with one attached hydrogen (secondary N) is 1. The molecule has 0 saturated carbocycles. The van der Waals surface area contributed by atoms with Gasteiger partial charge in [-0.15, -0.1) is 0 Å². The van der Waals surface area contributed by atoms with Gasteiger partial charge in [-0.2, -0.15) is 0 Å². The largest absolute Gasteiger partial charge is 0.496 e. The number of carboxylic acid groups (broad SMARTS) is 1. The number of rotatable bonds is 8. The molecule has 1 unspecified atom stereocenters. The van der Waals surface area contributed by atoms with Crippen LogP contribution < -0.4 is 19.5 Å². The minimum absolute atomic E-state index is 0.159. The Morgan fingerprint density at radius 1 is 1.15 bits per heavy atom. The molecule has 2 rings (SSSR count). The summed E-state index contributed by atoms with van der Waals surface area (Å²) in [4.78, 5) is 25.2. The van der Waals surface area contributed by atoms with Crippen molar-refractivity contribution in [2.75, 3.05) is 41.0 Å². The van der Waals surface area contributed by atoms with Crippen molar-refractivity contribution in [3.63, 3.8) is 0 Å².